The number of aliphatic imine (C=N–C) groups is 1. The molecule has 1 spiro atoms. The van der Waals surface area contributed by atoms with Crippen LogP contribution >= 0.6 is 24.0 Å². The first-order chi connectivity index (χ1) is 11.7. The summed E-state index contributed by atoms with van der Waals surface area (Å²) in [5, 5.41) is 3.77. The van der Waals surface area contributed by atoms with Crippen molar-refractivity contribution in [2.24, 2.45) is 22.2 Å². The van der Waals surface area contributed by atoms with Crippen LogP contribution in [0.2, 0.25) is 0 Å². The zero-order valence-corrected chi connectivity index (χ0v) is 17.5. The first-order valence-corrected chi connectivity index (χ1v) is 9.37. The van der Waals surface area contributed by atoms with Crippen LogP contribution in [-0.4, -0.2) is 62.8 Å². The Kier molecular flexibility index (Phi) is 5.82. The van der Waals surface area contributed by atoms with Gasteiger partial charge in [0.25, 0.3) is 0 Å². The minimum Gasteiger partial charge on any atom is -0.469 e. The average molecular weight is 463 g/mol. The maximum atomic E-state index is 11.7. The summed E-state index contributed by atoms with van der Waals surface area (Å²) in [4.78, 5) is 18.5. The number of ether oxygens (including phenoxy) is 2. The smallest absolute Gasteiger partial charge is 0.308 e. The molecule has 0 amide bonds. The van der Waals surface area contributed by atoms with Crippen molar-refractivity contribution in [1.29, 1.82) is 0 Å². The summed E-state index contributed by atoms with van der Waals surface area (Å²) in [7, 11) is 3.34. The molecule has 2 saturated heterocycles. The zero-order chi connectivity index (χ0) is 16.7. The molecular weight excluding hydrogens is 433 g/mol. The number of guanidine groups is 1. The van der Waals surface area contributed by atoms with E-state index in [1.807, 2.05) is 7.05 Å². The number of fused-ring (bicyclic) bond motifs is 2. The summed E-state index contributed by atoms with van der Waals surface area (Å²) < 4.78 is 10.9. The monoisotopic (exact) mass is 463 g/mol. The standard InChI is InChI=1S/C18H29N3O3.HI/c1-19-17(21-9-4-12(5-10-21)16(22)23-2)20-14-13-6-11-24-15(13)18(14)7-3-8-18;/h12-15H,3-11H2,1-2H3,(H,19,20);1H. The third kappa shape index (κ3) is 3.05. The average Bonchev–Trinajstić information content (AvgIpc) is 2.99. The molecule has 0 aromatic rings. The fourth-order valence-electron chi connectivity index (χ4n) is 5.39. The number of methoxy groups -OCH3 is 1. The summed E-state index contributed by atoms with van der Waals surface area (Å²) in [6.45, 7) is 2.64. The van der Waals surface area contributed by atoms with Crippen LogP contribution in [0.1, 0.15) is 38.5 Å². The van der Waals surface area contributed by atoms with Crippen molar-refractivity contribution < 1.29 is 14.3 Å². The van der Waals surface area contributed by atoms with Gasteiger partial charge in [0.15, 0.2) is 5.96 Å². The number of hydrogen-bond acceptors (Lipinski definition) is 4. The molecule has 0 aromatic heterocycles. The van der Waals surface area contributed by atoms with Gasteiger partial charge in [0.1, 0.15) is 0 Å². The molecule has 4 rings (SSSR count). The molecule has 3 unspecified atom stereocenters. The third-order valence-corrected chi connectivity index (χ3v) is 6.86. The minimum atomic E-state index is -0.0732. The summed E-state index contributed by atoms with van der Waals surface area (Å²) in [6.07, 6.45) is 7.24. The molecule has 142 valence electrons. The maximum Gasteiger partial charge on any atom is 0.308 e. The number of likely N-dealkylation sites (tertiary alicyclic amines) is 1. The number of piperidine rings is 1. The van der Waals surface area contributed by atoms with Crippen molar-refractivity contribution in [3.8, 4) is 0 Å². The van der Waals surface area contributed by atoms with Crippen molar-refractivity contribution in [2.45, 2.75) is 50.7 Å². The predicted molar refractivity (Wildman–Crippen MR) is 106 cm³/mol. The Morgan fingerprint density at radius 1 is 1.28 bits per heavy atom. The van der Waals surface area contributed by atoms with Crippen LogP contribution in [0, 0.1) is 17.3 Å². The Morgan fingerprint density at radius 2 is 2.00 bits per heavy atom. The number of carbonyl (C=O) groups excluding carboxylic acids is 1. The molecule has 0 aromatic carbocycles. The van der Waals surface area contributed by atoms with E-state index in [1.54, 1.807) is 0 Å². The van der Waals surface area contributed by atoms with Gasteiger partial charge < -0.3 is 19.7 Å². The Balaban J connectivity index is 0.00000182. The fourth-order valence-corrected chi connectivity index (χ4v) is 5.39. The molecule has 7 heteroatoms. The second-order valence-electron chi connectivity index (χ2n) is 7.78. The van der Waals surface area contributed by atoms with E-state index in [1.165, 1.54) is 32.8 Å². The lowest BCUT2D eigenvalue weighted by Gasteiger charge is -2.63. The van der Waals surface area contributed by atoms with Gasteiger partial charge in [0, 0.05) is 44.1 Å². The van der Waals surface area contributed by atoms with E-state index in [4.69, 9.17) is 9.47 Å². The SMILES string of the molecule is CN=C(NC1C2CCOC2C12CCC2)N1CCC(C(=O)OC)CC1.I. The molecule has 25 heavy (non-hydrogen) atoms. The first kappa shape index (κ1) is 19.2. The van der Waals surface area contributed by atoms with Crippen LogP contribution < -0.4 is 5.32 Å². The van der Waals surface area contributed by atoms with E-state index in [9.17, 15) is 4.79 Å². The van der Waals surface area contributed by atoms with Gasteiger partial charge in [0.2, 0.25) is 0 Å². The molecule has 2 heterocycles. The lowest BCUT2D eigenvalue weighted by molar-refractivity contribution is -0.171. The number of carbonyl (C=O) groups is 1. The van der Waals surface area contributed by atoms with Crippen molar-refractivity contribution in [3.63, 3.8) is 0 Å². The van der Waals surface area contributed by atoms with E-state index in [0.29, 0.717) is 23.5 Å². The highest BCUT2D eigenvalue weighted by atomic mass is 127. The normalized spacial score (nSPS) is 33.8. The zero-order valence-electron chi connectivity index (χ0n) is 15.2. The Labute approximate surface area is 167 Å². The number of halogens is 1. The van der Waals surface area contributed by atoms with Gasteiger partial charge in [-0.3, -0.25) is 9.79 Å². The lowest BCUT2D eigenvalue weighted by atomic mass is 9.46. The van der Waals surface area contributed by atoms with E-state index in [0.717, 1.165) is 38.5 Å². The number of nitrogens with zero attached hydrogens (tertiary/aromatic N) is 2. The van der Waals surface area contributed by atoms with Crippen molar-refractivity contribution in [3.05, 3.63) is 0 Å². The molecule has 3 atom stereocenters. The van der Waals surface area contributed by atoms with Gasteiger partial charge in [-0.1, -0.05) is 6.42 Å². The van der Waals surface area contributed by atoms with Gasteiger partial charge in [-0.2, -0.15) is 0 Å². The van der Waals surface area contributed by atoms with Crippen molar-refractivity contribution in [2.75, 3.05) is 33.9 Å². The molecule has 1 N–H and O–H groups in total. The molecule has 6 nitrogen and oxygen atoms in total. The fraction of sp³-hybridized carbons (Fsp3) is 0.889. The number of nitrogens with one attached hydrogen (secondary N) is 1. The topological polar surface area (TPSA) is 63.2 Å². The van der Waals surface area contributed by atoms with E-state index < -0.39 is 0 Å². The highest BCUT2D eigenvalue weighted by molar-refractivity contribution is 14.0. The predicted octanol–water partition coefficient (Wildman–Crippen LogP) is 2.02. The first-order valence-electron chi connectivity index (χ1n) is 9.37. The van der Waals surface area contributed by atoms with Crippen LogP contribution in [-0.2, 0) is 14.3 Å². The molecule has 4 aliphatic rings. The third-order valence-electron chi connectivity index (χ3n) is 6.86. The largest absolute Gasteiger partial charge is 0.469 e. The second-order valence-corrected chi connectivity index (χ2v) is 7.78. The Morgan fingerprint density at radius 3 is 2.56 bits per heavy atom. The van der Waals surface area contributed by atoms with Crippen LogP contribution in [0.4, 0.5) is 0 Å². The highest BCUT2D eigenvalue weighted by Gasteiger charge is 2.66. The van der Waals surface area contributed by atoms with E-state index in [2.05, 4.69) is 15.2 Å². The van der Waals surface area contributed by atoms with E-state index in [-0.39, 0.29) is 35.9 Å². The molecule has 4 fully saturated rings. The van der Waals surface area contributed by atoms with Gasteiger partial charge in [-0.05, 0) is 32.1 Å². The van der Waals surface area contributed by atoms with Crippen LogP contribution in [0.25, 0.3) is 0 Å². The molecule has 0 radical (unpaired) electrons. The maximum absolute atomic E-state index is 11.7. The van der Waals surface area contributed by atoms with Gasteiger partial charge >= 0.3 is 5.97 Å². The highest BCUT2D eigenvalue weighted by Crippen LogP contribution is 2.62. The molecule has 2 aliphatic carbocycles. The summed E-state index contributed by atoms with van der Waals surface area (Å²) in [5.41, 5.74) is 0.363. The number of esters is 1. The van der Waals surface area contributed by atoms with Crippen molar-refractivity contribution >= 4 is 35.9 Å². The van der Waals surface area contributed by atoms with E-state index >= 15 is 0 Å². The van der Waals surface area contributed by atoms with Crippen LogP contribution in [0.5, 0.6) is 0 Å². The minimum absolute atomic E-state index is 0. The Bertz CT molecular complexity index is 530. The quantitative estimate of drug-likeness (QED) is 0.294. The molecule has 2 aliphatic heterocycles. The summed E-state index contributed by atoms with van der Waals surface area (Å²) >= 11 is 0. The van der Waals surface area contributed by atoms with Gasteiger partial charge in [0.05, 0.1) is 19.1 Å². The Hall–Kier alpha value is -0.570. The summed E-state index contributed by atoms with van der Waals surface area (Å²) in [6, 6.07) is 0.510. The van der Waals surface area contributed by atoms with Crippen LogP contribution in [0.15, 0.2) is 4.99 Å². The van der Waals surface area contributed by atoms with Crippen LogP contribution in [0.3, 0.4) is 0 Å². The molecule has 0 bridgehead atoms. The summed E-state index contributed by atoms with van der Waals surface area (Å²) in [5.74, 6) is 1.62. The number of hydrogen-bond donors (Lipinski definition) is 1. The van der Waals surface area contributed by atoms with Crippen molar-refractivity contribution in [1.82, 2.24) is 10.2 Å². The second kappa shape index (κ2) is 7.58. The number of rotatable bonds is 2. The van der Waals surface area contributed by atoms with Gasteiger partial charge in [-0.25, -0.2) is 0 Å². The molecular formula is C18H30IN3O3. The lowest BCUT2D eigenvalue weighted by Crippen LogP contribution is -2.72. The van der Waals surface area contributed by atoms with Gasteiger partial charge in [-0.15, -0.1) is 24.0 Å². The molecule has 2 saturated carbocycles.